The first-order valence-electron chi connectivity index (χ1n) is 6.07. The molecule has 7 heteroatoms. The molecule has 0 unspecified atom stereocenters. The van der Waals surface area contributed by atoms with Crippen LogP contribution in [0.3, 0.4) is 0 Å². The molecule has 0 spiro atoms. The summed E-state index contributed by atoms with van der Waals surface area (Å²) in [4.78, 5) is 19.5. The Morgan fingerprint density at radius 2 is 1.86 bits per heavy atom. The van der Waals surface area contributed by atoms with Crippen LogP contribution in [0.2, 0.25) is 0 Å². The van der Waals surface area contributed by atoms with Gasteiger partial charge in [0.1, 0.15) is 5.82 Å². The second kappa shape index (κ2) is 6.56. The molecule has 1 aromatic carbocycles. The van der Waals surface area contributed by atoms with Gasteiger partial charge in [0.05, 0.1) is 33.7 Å². The third-order valence-electron chi connectivity index (χ3n) is 2.69. The largest absolute Gasteiger partial charge is 0.493 e. The maximum absolute atomic E-state index is 11.4. The highest BCUT2D eigenvalue weighted by molar-refractivity contribution is 5.87. The number of methoxy groups -OCH3 is 3. The van der Waals surface area contributed by atoms with Gasteiger partial charge in [-0.25, -0.2) is 9.78 Å². The molecule has 0 aliphatic rings. The molecular formula is C14H15N3O4. The summed E-state index contributed by atoms with van der Waals surface area (Å²) in [5.41, 5.74) is 0.854. The molecule has 0 saturated carbocycles. The lowest BCUT2D eigenvalue weighted by Crippen LogP contribution is -2.06. The molecule has 1 N–H and O–H groups in total. The van der Waals surface area contributed by atoms with E-state index in [0.29, 0.717) is 17.3 Å². The number of carbonyl (C=O) groups is 1. The predicted molar refractivity (Wildman–Crippen MR) is 76.2 cm³/mol. The molecule has 0 fully saturated rings. The van der Waals surface area contributed by atoms with Crippen molar-refractivity contribution < 1.29 is 19.0 Å². The van der Waals surface area contributed by atoms with Crippen LogP contribution in [0.4, 0.5) is 11.5 Å². The van der Waals surface area contributed by atoms with E-state index in [1.807, 2.05) is 0 Å². The van der Waals surface area contributed by atoms with Gasteiger partial charge in [0.2, 0.25) is 0 Å². The van der Waals surface area contributed by atoms with Gasteiger partial charge in [-0.2, -0.15) is 0 Å². The standard InChI is InChI=1S/C14H15N3O4/c1-19-11-5-4-9(6-12(11)20-2)16-13-8-15-7-10(17-13)14(18)21-3/h4-8H,1-3H3,(H,16,17). The number of aromatic nitrogens is 2. The van der Waals surface area contributed by atoms with Gasteiger partial charge in [-0.1, -0.05) is 0 Å². The molecule has 0 amide bonds. The smallest absolute Gasteiger partial charge is 0.358 e. The zero-order valence-electron chi connectivity index (χ0n) is 11.9. The Morgan fingerprint density at radius 3 is 2.52 bits per heavy atom. The third-order valence-corrected chi connectivity index (χ3v) is 2.69. The van der Waals surface area contributed by atoms with Crippen molar-refractivity contribution in [3.63, 3.8) is 0 Å². The highest BCUT2D eigenvalue weighted by atomic mass is 16.5. The fourth-order valence-corrected chi connectivity index (χ4v) is 1.69. The summed E-state index contributed by atoms with van der Waals surface area (Å²) in [5, 5.41) is 3.03. The minimum absolute atomic E-state index is 0.128. The number of ether oxygens (including phenoxy) is 3. The monoisotopic (exact) mass is 289 g/mol. The Kier molecular flexibility index (Phi) is 4.55. The molecule has 0 radical (unpaired) electrons. The normalized spacial score (nSPS) is 9.86. The minimum atomic E-state index is -0.543. The van der Waals surface area contributed by atoms with Gasteiger partial charge in [-0.15, -0.1) is 0 Å². The molecule has 21 heavy (non-hydrogen) atoms. The molecule has 1 heterocycles. The Morgan fingerprint density at radius 1 is 1.10 bits per heavy atom. The van der Waals surface area contributed by atoms with Crippen molar-refractivity contribution >= 4 is 17.5 Å². The molecular weight excluding hydrogens is 274 g/mol. The van der Waals surface area contributed by atoms with Crippen LogP contribution in [0.15, 0.2) is 30.6 Å². The average Bonchev–Trinajstić information content (AvgIpc) is 2.54. The summed E-state index contributed by atoms with van der Waals surface area (Å²) in [6.45, 7) is 0. The number of hydrogen-bond acceptors (Lipinski definition) is 7. The number of benzene rings is 1. The van der Waals surface area contributed by atoms with E-state index in [2.05, 4.69) is 20.0 Å². The van der Waals surface area contributed by atoms with E-state index < -0.39 is 5.97 Å². The molecule has 2 aromatic rings. The molecule has 1 aromatic heterocycles. The van der Waals surface area contributed by atoms with E-state index in [9.17, 15) is 4.79 Å². The summed E-state index contributed by atoms with van der Waals surface area (Å²) in [6, 6.07) is 5.32. The first kappa shape index (κ1) is 14.6. The van der Waals surface area contributed by atoms with Crippen molar-refractivity contribution in [3.05, 3.63) is 36.3 Å². The fraction of sp³-hybridized carbons (Fsp3) is 0.214. The van der Waals surface area contributed by atoms with Crippen molar-refractivity contribution in [3.8, 4) is 11.5 Å². The topological polar surface area (TPSA) is 82.6 Å². The van der Waals surface area contributed by atoms with Crippen LogP contribution in [0, 0.1) is 0 Å². The van der Waals surface area contributed by atoms with Gasteiger partial charge in [0.25, 0.3) is 0 Å². The quantitative estimate of drug-likeness (QED) is 0.843. The number of nitrogens with zero attached hydrogens (tertiary/aromatic N) is 2. The summed E-state index contributed by atoms with van der Waals surface area (Å²) in [7, 11) is 4.41. The van der Waals surface area contributed by atoms with Crippen LogP contribution in [0.1, 0.15) is 10.5 Å². The van der Waals surface area contributed by atoms with Crippen molar-refractivity contribution in [2.45, 2.75) is 0 Å². The number of hydrogen-bond donors (Lipinski definition) is 1. The third kappa shape index (κ3) is 3.38. The first-order valence-corrected chi connectivity index (χ1v) is 6.07. The Labute approximate surface area is 121 Å². The Bertz CT molecular complexity index is 646. The van der Waals surface area contributed by atoms with Crippen LogP contribution < -0.4 is 14.8 Å². The molecule has 2 rings (SSSR count). The van der Waals surface area contributed by atoms with Gasteiger partial charge < -0.3 is 19.5 Å². The molecule has 0 atom stereocenters. The number of rotatable bonds is 5. The Hall–Kier alpha value is -2.83. The van der Waals surface area contributed by atoms with Crippen molar-refractivity contribution in [1.29, 1.82) is 0 Å². The maximum atomic E-state index is 11.4. The second-order valence-corrected chi connectivity index (χ2v) is 3.98. The molecule has 7 nitrogen and oxygen atoms in total. The van der Waals surface area contributed by atoms with Crippen LogP contribution in [0.5, 0.6) is 11.5 Å². The molecule has 0 aliphatic carbocycles. The van der Waals surface area contributed by atoms with E-state index in [0.717, 1.165) is 5.69 Å². The van der Waals surface area contributed by atoms with Crippen molar-refractivity contribution in [2.24, 2.45) is 0 Å². The molecule has 110 valence electrons. The number of nitrogens with one attached hydrogen (secondary N) is 1. The summed E-state index contributed by atoms with van der Waals surface area (Å²) in [6.07, 6.45) is 2.84. The minimum Gasteiger partial charge on any atom is -0.493 e. The van der Waals surface area contributed by atoms with E-state index >= 15 is 0 Å². The van der Waals surface area contributed by atoms with Crippen molar-refractivity contribution in [2.75, 3.05) is 26.6 Å². The Balaban J connectivity index is 2.24. The van der Waals surface area contributed by atoms with E-state index in [-0.39, 0.29) is 5.69 Å². The zero-order chi connectivity index (χ0) is 15.2. The number of esters is 1. The SMILES string of the molecule is COC(=O)c1cncc(Nc2ccc(OC)c(OC)c2)n1. The molecule has 0 aliphatic heterocycles. The van der Waals surface area contributed by atoms with Gasteiger partial charge in [0.15, 0.2) is 17.2 Å². The average molecular weight is 289 g/mol. The zero-order valence-corrected chi connectivity index (χ0v) is 11.9. The highest BCUT2D eigenvalue weighted by Gasteiger charge is 2.09. The van der Waals surface area contributed by atoms with Gasteiger partial charge in [-0.05, 0) is 12.1 Å². The van der Waals surface area contributed by atoms with Crippen LogP contribution in [0.25, 0.3) is 0 Å². The lowest BCUT2D eigenvalue weighted by atomic mass is 10.2. The highest BCUT2D eigenvalue weighted by Crippen LogP contribution is 2.30. The van der Waals surface area contributed by atoms with Crippen LogP contribution in [-0.4, -0.2) is 37.3 Å². The maximum Gasteiger partial charge on any atom is 0.358 e. The van der Waals surface area contributed by atoms with E-state index in [1.54, 1.807) is 32.4 Å². The van der Waals surface area contributed by atoms with Crippen molar-refractivity contribution in [1.82, 2.24) is 9.97 Å². The van der Waals surface area contributed by atoms with Gasteiger partial charge in [-0.3, -0.25) is 4.98 Å². The molecule has 0 bridgehead atoms. The van der Waals surface area contributed by atoms with Crippen LogP contribution in [-0.2, 0) is 4.74 Å². The summed E-state index contributed by atoms with van der Waals surface area (Å²) >= 11 is 0. The summed E-state index contributed by atoms with van der Waals surface area (Å²) in [5.74, 6) is 1.08. The fourth-order valence-electron chi connectivity index (χ4n) is 1.69. The number of anilines is 2. The lowest BCUT2D eigenvalue weighted by Gasteiger charge is -2.11. The van der Waals surface area contributed by atoms with Gasteiger partial charge >= 0.3 is 5.97 Å². The lowest BCUT2D eigenvalue weighted by molar-refractivity contribution is 0.0593. The second-order valence-electron chi connectivity index (χ2n) is 3.98. The predicted octanol–water partition coefficient (Wildman–Crippen LogP) is 2.02. The summed E-state index contributed by atoms with van der Waals surface area (Å²) < 4.78 is 15.0. The van der Waals surface area contributed by atoms with Gasteiger partial charge in [0, 0.05) is 11.8 Å². The van der Waals surface area contributed by atoms with E-state index in [4.69, 9.17) is 9.47 Å². The molecule has 0 saturated heterocycles. The number of carbonyl (C=O) groups excluding carboxylic acids is 1. The first-order chi connectivity index (χ1) is 10.2. The van der Waals surface area contributed by atoms with E-state index in [1.165, 1.54) is 19.5 Å². The van der Waals surface area contributed by atoms with Crippen LogP contribution >= 0.6 is 0 Å².